The summed E-state index contributed by atoms with van der Waals surface area (Å²) >= 11 is 1.58. The van der Waals surface area contributed by atoms with Gasteiger partial charge in [0, 0.05) is 42.7 Å². The molecule has 3 aliphatic rings. The molecule has 196 valence electrons. The van der Waals surface area contributed by atoms with Crippen LogP contribution < -0.4 is 5.32 Å². The molecule has 0 radical (unpaired) electrons. The second-order valence-corrected chi connectivity index (χ2v) is 11.8. The van der Waals surface area contributed by atoms with Crippen molar-refractivity contribution in [2.45, 2.75) is 101 Å². The first-order valence-corrected chi connectivity index (χ1v) is 14.3. The first kappa shape index (κ1) is 25.7. The summed E-state index contributed by atoms with van der Waals surface area (Å²) in [6, 6.07) is 5.15. The fourth-order valence-electron chi connectivity index (χ4n) is 5.82. The van der Waals surface area contributed by atoms with Crippen molar-refractivity contribution >= 4 is 17.2 Å². The summed E-state index contributed by atoms with van der Waals surface area (Å²) in [7, 11) is 0. The summed E-state index contributed by atoms with van der Waals surface area (Å²) in [6.07, 6.45) is 5.81. The number of ether oxygens (including phenoxy) is 1. The highest BCUT2D eigenvalue weighted by Crippen LogP contribution is 2.46. The molecular formula is C28H37F2N3O2S. The molecule has 1 aromatic heterocycles. The Morgan fingerprint density at radius 1 is 1.22 bits per heavy atom. The van der Waals surface area contributed by atoms with E-state index in [4.69, 9.17) is 4.74 Å². The van der Waals surface area contributed by atoms with E-state index in [1.54, 1.807) is 17.5 Å². The number of hydrogen-bond donors (Lipinski definition) is 1. The van der Waals surface area contributed by atoms with Crippen molar-refractivity contribution in [1.29, 1.82) is 0 Å². The molecule has 0 unspecified atom stereocenters. The van der Waals surface area contributed by atoms with Gasteiger partial charge in [0.15, 0.2) is 0 Å². The van der Waals surface area contributed by atoms with E-state index in [9.17, 15) is 4.79 Å². The summed E-state index contributed by atoms with van der Waals surface area (Å²) in [5, 5.41) is 5.62. The highest BCUT2D eigenvalue weighted by Gasteiger charge is 2.49. The molecule has 1 N–H and O–H groups in total. The van der Waals surface area contributed by atoms with E-state index in [1.165, 1.54) is 0 Å². The van der Waals surface area contributed by atoms with Crippen LogP contribution in [-0.2, 0) is 16.0 Å². The average molecular weight is 518 g/mol. The van der Waals surface area contributed by atoms with Crippen LogP contribution in [0.2, 0.25) is 0 Å². The SMILES string of the molecule is CC(C)N1CCC(O[C@H]2CCCC(F)(F)[C@@H]2NC(=O)Cc2cccc(-c3nccs3)c2C2CC2)CC1. The molecule has 8 heteroatoms. The van der Waals surface area contributed by atoms with Gasteiger partial charge in [-0.1, -0.05) is 18.2 Å². The number of rotatable bonds is 8. The van der Waals surface area contributed by atoms with Gasteiger partial charge in [0.25, 0.3) is 5.92 Å². The lowest BCUT2D eigenvalue weighted by atomic mass is 9.88. The second kappa shape index (κ2) is 10.8. The fraction of sp³-hybridized carbons (Fsp3) is 0.643. The van der Waals surface area contributed by atoms with Crippen LogP contribution in [0.3, 0.4) is 0 Å². The third kappa shape index (κ3) is 5.81. The Bertz CT molecular complexity index is 1030. The van der Waals surface area contributed by atoms with Gasteiger partial charge < -0.3 is 15.0 Å². The number of hydrogen-bond acceptors (Lipinski definition) is 5. The average Bonchev–Trinajstić information content (AvgIpc) is 3.53. The molecule has 2 atom stereocenters. The third-order valence-corrected chi connectivity index (χ3v) is 8.72. The van der Waals surface area contributed by atoms with Crippen LogP contribution in [0.5, 0.6) is 0 Å². The van der Waals surface area contributed by atoms with Crippen LogP contribution in [0, 0.1) is 0 Å². The lowest BCUT2D eigenvalue weighted by molar-refractivity contribution is -0.157. The first-order valence-electron chi connectivity index (χ1n) is 13.4. The zero-order valence-corrected chi connectivity index (χ0v) is 22.0. The zero-order valence-electron chi connectivity index (χ0n) is 21.2. The van der Waals surface area contributed by atoms with Crippen LogP contribution in [0.25, 0.3) is 10.6 Å². The summed E-state index contributed by atoms with van der Waals surface area (Å²) < 4.78 is 36.5. The van der Waals surface area contributed by atoms with Crippen LogP contribution >= 0.6 is 11.3 Å². The van der Waals surface area contributed by atoms with Crippen molar-refractivity contribution in [3.8, 4) is 10.6 Å². The maximum absolute atomic E-state index is 15.1. The van der Waals surface area contributed by atoms with Crippen molar-refractivity contribution in [1.82, 2.24) is 15.2 Å². The molecule has 5 rings (SSSR count). The molecule has 1 amide bonds. The Hall–Kier alpha value is -1.90. The van der Waals surface area contributed by atoms with Gasteiger partial charge >= 0.3 is 0 Å². The van der Waals surface area contributed by atoms with Gasteiger partial charge in [-0.25, -0.2) is 13.8 Å². The molecule has 2 aromatic rings. The predicted octanol–water partition coefficient (Wildman–Crippen LogP) is 5.79. The van der Waals surface area contributed by atoms with Crippen LogP contribution in [0.4, 0.5) is 8.78 Å². The number of thiazole rings is 1. The molecule has 0 spiro atoms. The van der Waals surface area contributed by atoms with E-state index in [1.807, 2.05) is 17.5 Å². The lowest BCUT2D eigenvalue weighted by Gasteiger charge is -2.42. The van der Waals surface area contributed by atoms with Gasteiger partial charge in [-0.05, 0) is 69.4 Å². The molecule has 2 aliphatic carbocycles. The van der Waals surface area contributed by atoms with Crippen molar-refractivity contribution < 1.29 is 18.3 Å². The predicted molar refractivity (Wildman–Crippen MR) is 139 cm³/mol. The van der Waals surface area contributed by atoms with E-state index in [2.05, 4.69) is 35.1 Å². The number of carbonyl (C=O) groups is 1. The topological polar surface area (TPSA) is 54.5 Å². The fourth-order valence-corrected chi connectivity index (χ4v) is 6.49. The molecule has 2 heterocycles. The summed E-state index contributed by atoms with van der Waals surface area (Å²) in [5.41, 5.74) is 3.14. The number of benzene rings is 1. The van der Waals surface area contributed by atoms with Crippen LogP contribution in [-0.4, -0.2) is 59.1 Å². The number of alkyl halides is 2. The van der Waals surface area contributed by atoms with Crippen LogP contribution in [0.15, 0.2) is 29.8 Å². The van der Waals surface area contributed by atoms with Crippen LogP contribution in [0.1, 0.15) is 75.8 Å². The summed E-state index contributed by atoms with van der Waals surface area (Å²) in [4.78, 5) is 20.1. The maximum atomic E-state index is 15.1. The van der Waals surface area contributed by atoms with Gasteiger partial charge in [0.1, 0.15) is 11.0 Å². The van der Waals surface area contributed by atoms with Gasteiger partial charge in [-0.3, -0.25) is 4.79 Å². The third-order valence-electron chi connectivity index (χ3n) is 7.91. The van der Waals surface area contributed by atoms with E-state index in [-0.39, 0.29) is 24.9 Å². The number of nitrogens with zero attached hydrogens (tertiary/aromatic N) is 2. The van der Waals surface area contributed by atoms with E-state index >= 15 is 8.78 Å². The minimum Gasteiger partial charge on any atom is -0.373 e. The lowest BCUT2D eigenvalue weighted by Crippen LogP contribution is -2.58. The standard InChI is InChI=1S/C28H37F2N3O2S/c1-18(2)33-14-10-21(11-15-33)35-23-7-4-12-28(29,30)26(23)32-24(34)17-20-5-3-6-22(25(20)19-8-9-19)27-31-13-16-36-27/h3,5-6,13,16,18-19,21,23,26H,4,7-12,14-15,17H2,1-2H3,(H,32,34)/t23-,26+/m0/s1. The van der Waals surface area contributed by atoms with Gasteiger partial charge in [0.05, 0.1) is 18.6 Å². The monoisotopic (exact) mass is 517 g/mol. The number of piperidine rings is 1. The van der Waals surface area contributed by atoms with E-state index in [0.717, 1.165) is 60.5 Å². The molecule has 3 fully saturated rings. The van der Waals surface area contributed by atoms with Crippen molar-refractivity contribution in [3.63, 3.8) is 0 Å². The smallest absolute Gasteiger partial charge is 0.270 e. The number of aromatic nitrogens is 1. The zero-order chi connectivity index (χ0) is 25.3. The highest BCUT2D eigenvalue weighted by atomic mass is 32.1. The minimum atomic E-state index is -2.97. The summed E-state index contributed by atoms with van der Waals surface area (Å²) in [5.74, 6) is -2.92. The van der Waals surface area contributed by atoms with Gasteiger partial charge in [0.2, 0.25) is 5.91 Å². The number of carbonyl (C=O) groups excluding carboxylic acids is 1. The number of nitrogens with one attached hydrogen (secondary N) is 1. The normalized spacial score (nSPS) is 25.2. The number of halogens is 2. The molecule has 1 aliphatic heterocycles. The van der Waals surface area contributed by atoms with E-state index < -0.39 is 18.1 Å². The van der Waals surface area contributed by atoms with E-state index in [0.29, 0.717) is 24.8 Å². The van der Waals surface area contributed by atoms with Crippen molar-refractivity contribution in [2.75, 3.05) is 13.1 Å². The molecule has 2 saturated carbocycles. The largest absolute Gasteiger partial charge is 0.373 e. The number of likely N-dealkylation sites (tertiary alicyclic amines) is 1. The molecule has 1 saturated heterocycles. The summed E-state index contributed by atoms with van der Waals surface area (Å²) in [6.45, 7) is 6.19. The molecule has 36 heavy (non-hydrogen) atoms. The maximum Gasteiger partial charge on any atom is 0.270 e. The first-order chi connectivity index (χ1) is 17.3. The Kier molecular flexibility index (Phi) is 7.75. The van der Waals surface area contributed by atoms with Crippen molar-refractivity contribution in [3.05, 3.63) is 40.9 Å². The molecule has 0 bridgehead atoms. The van der Waals surface area contributed by atoms with Gasteiger partial charge in [-0.15, -0.1) is 11.3 Å². The Balaban J connectivity index is 1.28. The van der Waals surface area contributed by atoms with Gasteiger partial charge in [-0.2, -0.15) is 0 Å². The molecule has 5 nitrogen and oxygen atoms in total. The number of amides is 1. The Labute approximate surface area is 216 Å². The minimum absolute atomic E-state index is 0.0326. The Morgan fingerprint density at radius 3 is 2.67 bits per heavy atom. The molecular weight excluding hydrogens is 480 g/mol. The highest BCUT2D eigenvalue weighted by molar-refractivity contribution is 7.13. The van der Waals surface area contributed by atoms with Crippen molar-refractivity contribution in [2.24, 2.45) is 0 Å². The second-order valence-electron chi connectivity index (χ2n) is 10.9. The quantitative estimate of drug-likeness (QED) is 0.482. The molecule has 1 aromatic carbocycles. The Morgan fingerprint density at radius 2 is 2.00 bits per heavy atom.